The Morgan fingerprint density at radius 3 is 2.59 bits per heavy atom. The molecule has 82 valence electrons. The highest BCUT2D eigenvalue weighted by Gasteiger charge is 2.36. The second-order valence-corrected chi connectivity index (χ2v) is 6.16. The molecular formula is C14H6Br2O. The van der Waals surface area contributed by atoms with Crippen LogP contribution in [0.15, 0.2) is 33.2 Å². The van der Waals surface area contributed by atoms with E-state index in [1.165, 1.54) is 22.3 Å². The fourth-order valence-corrected chi connectivity index (χ4v) is 3.88. The molecule has 2 aromatic rings. The zero-order chi connectivity index (χ0) is 11.7. The Morgan fingerprint density at radius 1 is 1.00 bits per heavy atom. The van der Waals surface area contributed by atoms with Crippen molar-refractivity contribution < 1.29 is 4.79 Å². The maximum Gasteiger partial charge on any atom is 0.195 e. The molecule has 0 atom stereocenters. The average Bonchev–Trinajstić information content (AvgIpc) is 2.66. The third-order valence-electron chi connectivity index (χ3n) is 3.57. The summed E-state index contributed by atoms with van der Waals surface area (Å²) in [5.74, 6) is 0.197. The average molecular weight is 350 g/mol. The number of carbonyl (C=O) groups is 1. The van der Waals surface area contributed by atoms with Crippen LogP contribution in [-0.4, -0.2) is 5.78 Å². The normalized spacial score (nSPS) is 14.4. The zero-order valence-electron chi connectivity index (χ0n) is 8.68. The fourth-order valence-electron chi connectivity index (χ4n) is 2.76. The lowest BCUT2D eigenvalue weighted by molar-refractivity contribution is 0.102. The number of benzene rings is 2. The van der Waals surface area contributed by atoms with Crippen molar-refractivity contribution in [2.75, 3.05) is 0 Å². The van der Waals surface area contributed by atoms with E-state index in [1.807, 2.05) is 6.07 Å². The van der Waals surface area contributed by atoms with Crippen molar-refractivity contribution in [2.24, 2.45) is 0 Å². The molecule has 0 unspecified atom stereocenters. The van der Waals surface area contributed by atoms with E-state index in [1.54, 1.807) is 0 Å². The molecule has 0 saturated heterocycles. The van der Waals surface area contributed by atoms with E-state index < -0.39 is 0 Å². The number of hydrogen-bond acceptors (Lipinski definition) is 1. The van der Waals surface area contributed by atoms with Crippen LogP contribution in [0.25, 0.3) is 11.1 Å². The molecule has 2 bridgehead atoms. The molecular weight excluding hydrogens is 344 g/mol. The summed E-state index contributed by atoms with van der Waals surface area (Å²) in [5, 5.41) is 0. The van der Waals surface area contributed by atoms with E-state index in [0.717, 1.165) is 26.5 Å². The van der Waals surface area contributed by atoms with Crippen LogP contribution in [-0.2, 0) is 6.42 Å². The minimum Gasteiger partial charge on any atom is -0.289 e. The van der Waals surface area contributed by atoms with Gasteiger partial charge in [-0.1, -0.05) is 22.0 Å². The second kappa shape index (κ2) is 3.09. The van der Waals surface area contributed by atoms with Crippen molar-refractivity contribution in [3.8, 4) is 11.1 Å². The molecule has 0 saturated carbocycles. The predicted molar refractivity (Wildman–Crippen MR) is 73.5 cm³/mol. The summed E-state index contributed by atoms with van der Waals surface area (Å²) in [4.78, 5) is 11.8. The first-order valence-electron chi connectivity index (χ1n) is 5.35. The van der Waals surface area contributed by atoms with E-state index in [-0.39, 0.29) is 5.78 Å². The number of ketones is 1. The quantitative estimate of drug-likeness (QED) is 0.462. The highest BCUT2D eigenvalue weighted by atomic mass is 79.9. The van der Waals surface area contributed by atoms with Gasteiger partial charge in [-0.3, -0.25) is 4.79 Å². The summed E-state index contributed by atoms with van der Waals surface area (Å²) in [6.45, 7) is 0. The predicted octanol–water partition coefficient (Wildman–Crippen LogP) is 4.33. The molecule has 0 amide bonds. The van der Waals surface area contributed by atoms with E-state index in [0.29, 0.717) is 0 Å². The van der Waals surface area contributed by atoms with Crippen LogP contribution < -0.4 is 0 Å². The Balaban J connectivity index is 2.04. The zero-order valence-corrected chi connectivity index (χ0v) is 11.9. The first kappa shape index (κ1) is 10.0. The summed E-state index contributed by atoms with van der Waals surface area (Å²) in [6.07, 6.45) is 0.865. The van der Waals surface area contributed by atoms with Crippen LogP contribution in [0.4, 0.5) is 0 Å². The maximum absolute atomic E-state index is 11.8. The molecule has 0 N–H and O–H groups in total. The van der Waals surface area contributed by atoms with Crippen LogP contribution in [0.3, 0.4) is 0 Å². The molecule has 5 rings (SSSR count). The fraction of sp³-hybridized carbons (Fsp3) is 0.0714. The standard InChI is InChI=1S/C14H6Br2O/c15-7-1-2-8-6(3-7)4-10-9(8)5-11-13(16)12(10)14(11)17/h1-3,5H,4H2. The van der Waals surface area contributed by atoms with Crippen molar-refractivity contribution in [3.63, 3.8) is 0 Å². The highest BCUT2D eigenvalue weighted by Crippen LogP contribution is 2.48. The summed E-state index contributed by atoms with van der Waals surface area (Å²) >= 11 is 6.98. The van der Waals surface area contributed by atoms with Gasteiger partial charge in [0.05, 0.1) is 0 Å². The maximum atomic E-state index is 11.8. The minimum atomic E-state index is 0.197. The summed E-state index contributed by atoms with van der Waals surface area (Å²) < 4.78 is 2.09. The van der Waals surface area contributed by atoms with Gasteiger partial charge < -0.3 is 0 Å². The summed E-state index contributed by atoms with van der Waals surface area (Å²) in [7, 11) is 0. The molecule has 1 nitrogen and oxygen atoms in total. The number of fused-ring (bicyclic) bond motifs is 1. The Morgan fingerprint density at radius 2 is 1.82 bits per heavy atom. The number of carbonyl (C=O) groups excluding carboxylic acids is 1. The monoisotopic (exact) mass is 348 g/mol. The van der Waals surface area contributed by atoms with E-state index >= 15 is 0 Å². The van der Waals surface area contributed by atoms with Gasteiger partial charge in [-0.15, -0.1) is 0 Å². The van der Waals surface area contributed by atoms with Crippen LogP contribution in [0.2, 0.25) is 0 Å². The van der Waals surface area contributed by atoms with E-state index in [4.69, 9.17) is 0 Å². The number of hydrogen-bond donors (Lipinski definition) is 0. The van der Waals surface area contributed by atoms with Crippen molar-refractivity contribution in [3.05, 3.63) is 55.5 Å². The Kier molecular flexibility index (Phi) is 1.82. The SMILES string of the molecule is O=C1c2cc3c(c1c2Br)Cc1cc(Br)ccc1-3. The molecule has 3 aliphatic carbocycles. The van der Waals surface area contributed by atoms with Crippen molar-refractivity contribution in [2.45, 2.75) is 6.42 Å². The number of rotatable bonds is 0. The van der Waals surface area contributed by atoms with Crippen molar-refractivity contribution >= 4 is 37.6 Å². The first-order valence-corrected chi connectivity index (χ1v) is 6.94. The van der Waals surface area contributed by atoms with Crippen molar-refractivity contribution in [1.29, 1.82) is 0 Å². The molecule has 17 heavy (non-hydrogen) atoms. The van der Waals surface area contributed by atoms with Gasteiger partial charge in [-0.25, -0.2) is 0 Å². The smallest absolute Gasteiger partial charge is 0.195 e. The molecule has 0 aromatic heterocycles. The molecule has 0 fully saturated rings. The van der Waals surface area contributed by atoms with Crippen LogP contribution >= 0.6 is 31.9 Å². The molecule has 0 spiro atoms. The van der Waals surface area contributed by atoms with Crippen LogP contribution in [0.1, 0.15) is 27.0 Å². The van der Waals surface area contributed by atoms with Gasteiger partial charge in [-0.05, 0) is 62.8 Å². The van der Waals surface area contributed by atoms with Gasteiger partial charge in [0.2, 0.25) is 0 Å². The Labute approximate surface area is 115 Å². The highest BCUT2D eigenvalue weighted by molar-refractivity contribution is 9.11. The lowest BCUT2D eigenvalue weighted by atomic mass is 9.83. The van der Waals surface area contributed by atoms with E-state index in [2.05, 4.69) is 50.1 Å². The van der Waals surface area contributed by atoms with Gasteiger partial charge in [0, 0.05) is 20.1 Å². The Hall–Kier alpha value is -0.930. The minimum absolute atomic E-state index is 0.197. The molecule has 2 aromatic carbocycles. The number of halogens is 2. The van der Waals surface area contributed by atoms with Crippen molar-refractivity contribution in [1.82, 2.24) is 0 Å². The van der Waals surface area contributed by atoms with Gasteiger partial charge >= 0.3 is 0 Å². The lowest BCUT2D eigenvalue weighted by Gasteiger charge is -2.22. The molecule has 3 heteroatoms. The first-order chi connectivity index (χ1) is 8.16. The molecule has 0 radical (unpaired) electrons. The van der Waals surface area contributed by atoms with E-state index in [9.17, 15) is 4.79 Å². The topological polar surface area (TPSA) is 17.1 Å². The molecule has 0 heterocycles. The van der Waals surface area contributed by atoms with Gasteiger partial charge in [0.15, 0.2) is 5.78 Å². The second-order valence-electron chi connectivity index (χ2n) is 4.45. The Bertz CT molecular complexity index is 717. The lowest BCUT2D eigenvalue weighted by Crippen LogP contribution is -2.18. The van der Waals surface area contributed by atoms with Crippen LogP contribution in [0, 0.1) is 0 Å². The molecule has 3 aliphatic rings. The third kappa shape index (κ3) is 1.11. The van der Waals surface area contributed by atoms with Gasteiger partial charge in [0.1, 0.15) is 0 Å². The summed E-state index contributed by atoms with van der Waals surface area (Å²) in [6, 6.07) is 8.35. The third-order valence-corrected chi connectivity index (χ3v) is 4.88. The summed E-state index contributed by atoms with van der Waals surface area (Å²) in [5.41, 5.74) is 6.71. The van der Waals surface area contributed by atoms with Gasteiger partial charge in [-0.2, -0.15) is 0 Å². The van der Waals surface area contributed by atoms with Gasteiger partial charge in [0.25, 0.3) is 0 Å². The van der Waals surface area contributed by atoms with Crippen LogP contribution in [0.5, 0.6) is 0 Å². The molecule has 0 aliphatic heterocycles. The largest absolute Gasteiger partial charge is 0.289 e.